The summed E-state index contributed by atoms with van der Waals surface area (Å²) >= 11 is 7.89. The van der Waals surface area contributed by atoms with Gasteiger partial charge < -0.3 is 4.74 Å². The van der Waals surface area contributed by atoms with Crippen LogP contribution in [0.1, 0.15) is 16.8 Å². The Morgan fingerprint density at radius 3 is 2.55 bits per heavy atom. The smallest absolute Gasteiger partial charge is 0.128 e. The van der Waals surface area contributed by atoms with Crippen LogP contribution in [0.5, 0.6) is 11.5 Å². The molecular formula is C25H18ClNOS. The highest BCUT2D eigenvalue weighted by Gasteiger charge is 2.19. The SMILES string of the molecule is Clc1ccc(C=Cc2nc3ccc(Oc4ccccc4)cc3c3c2CCS3)cc1. The van der Waals surface area contributed by atoms with E-state index in [1.54, 1.807) is 0 Å². The number of nitrogens with zero attached hydrogens (tertiary/aromatic N) is 1. The molecule has 0 fully saturated rings. The van der Waals surface area contributed by atoms with Crippen LogP contribution in [0.3, 0.4) is 0 Å². The summed E-state index contributed by atoms with van der Waals surface area (Å²) in [7, 11) is 0. The van der Waals surface area contributed by atoms with E-state index in [1.165, 1.54) is 15.8 Å². The number of rotatable bonds is 4. The van der Waals surface area contributed by atoms with Crippen molar-refractivity contribution in [2.45, 2.75) is 11.3 Å². The minimum atomic E-state index is 0.747. The van der Waals surface area contributed by atoms with E-state index in [-0.39, 0.29) is 0 Å². The second-order valence-electron chi connectivity index (χ2n) is 6.88. The molecule has 1 aromatic heterocycles. The Bertz CT molecular complexity index is 1200. The van der Waals surface area contributed by atoms with Crippen molar-refractivity contribution in [2.24, 2.45) is 0 Å². The first kappa shape index (κ1) is 18.3. The molecule has 142 valence electrons. The topological polar surface area (TPSA) is 22.1 Å². The lowest BCUT2D eigenvalue weighted by Gasteiger charge is -2.11. The predicted octanol–water partition coefficient (Wildman–Crippen LogP) is 7.50. The summed E-state index contributed by atoms with van der Waals surface area (Å²) < 4.78 is 6.03. The number of thioether (sulfide) groups is 1. The number of pyridine rings is 1. The van der Waals surface area contributed by atoms with Gasteiger partial charge in [-0.15, -0.1) is 11.8 Å². The molecule has 5 rings (SSSR count). The second-order valence-corrected chi connectivity index (χ2v) is 8.42. The van der Waals surface area contributed by atoms with E-state index < -0.39 is 0 Å². The Hall–Kier alpha value is -2.75. The lowest BCUT2D eigenvalue weighted by atomic mass is 10.1. The summed E-state index contributed by atoms with van der Waals surface area (Å²) in [5.41, 5.74) is 4.48. The highest BCUT2D eigenvalue weighted by atomic mass is 35.5. The van der Waals surface area contributed by atoms with Gasteiger partial charge in [-0.2, -0.15) is 0 Å². The van der Waals surface area contributed by atoms with Gasteiger partial charge in [-0.1, -0.05) is 48.0 Å². The minimum absolute atomic E-state index is 0.747. The molecule has 2 heterocycles. The Kier molecular flexibility index (Phi) is 5.01. The molecule has 0 unspecified atom stereocenters. The number of para-hydroxylation sites is 1. The standard InChI is InChI=1S/C25H18ClNOS/c26-18-9-6-17(7-10-18)8-12-23-21-14-15-29-25(21)22-16-20(11-13-24(22)27-23)28-19-4-2-1-3-5-19/h1-13,16H,14-15H2. The molecule has 0 aliphatic carbocycles. The molecule has 1 aliphatic heterocycles. The molecule has 0 atom stereocenters. The van der Waals surface area contributed by atoms with Crippen molar-refractivity contribution in [2.75, 3.05) is 5.75 Å². The molecule has 0 amide bonds. The van der Waals surface area contributed by atoms with Gasteiger partial charge in [0.1, 0.15) is 11.5 Å². The summed E-state index contributed by atoms with van der Waals surface area (Å²) in [6.07, 6.45) is 5.25. The zero-order valence-electron chi connectivity index (χ0n) is 15.6. The van der Waals surface area contributed by atoms with Crippen LogP contribution in [0.15, 0.2) is 77.7 Å². The quantitative estimate of drug-likeness (QED) is 0.344. The number of benzene rings is 3. The maximum atomic E-state index is 6.03. The molecule has 0 spiro atoms. The molecular weight excluding hydrogens is 398 g/mol. The van der Waals surface area contributed by atoms with Crippen molar-refractivity contribution in [3.8, 4) is 11.5 Å². The Balaban J connectivity index is 1.52. The summed E-state index contributed by atoms with van der Waals surface area (Å²) in [6, 6.07) is 23.9. The van der Waals surface area contributed by atoms with Crippen molar-refractivity contribution in [3.63, 3.8) is 0 Å². The van der Waals surface area contributed by atoms with Crippen LogP contribution in [-0.2, 0) is 6.42 Å². The van der Waals surface area contributed by atoms with Gasteiger partial charge in [-0.3, -0.25) is 0 Å². The van der Waals surface area contributed by atoms with Crippen molar-refractivity contribution in [1.29, 1.82) is 0 Å². The zero-order chi connectivity index (χ0) is 19.6. The van der Waals surface area contributed by atoms with Crippen LogP contribution in [-0.4, -0.2) is 10.7 Å². The van der Waals surface area contributed by atoms with Gasteiger partial charge in [-0.25, -0.2) is 4.98 Å². The fraction of sp³-hybridized carbons (Fsp3) is 0.0800. The highest BCUT2D eigenvalue weighted by molar-refractivity contribution is 7.99. The molecule has 2 nitrogen and oxygen atoms in total. The van der Waals surface area contributed by atoms with Crippen molar-refractivity contribution < 1.29 is 4.74 Å². The summed E-state index contributed by atoms with van der Waals surface area (Å²) in [5.74, 6) is 2.76. The van der Waals surface area contributed by atoms with Crippen LogP contribution in [0.25, 0.3) is 23.1 Å². The van der Waals surface area contributed by atoms with E-state index >= 15 is 0 Å². The monoisotopic (exact) mass is 415 g/mol. The lowest BCUT2D eigenvalue weighted by Crippen LogP contribution is -1.94. The number of hydrogen-bond donors (Lipinski definition) is 0. The maximum absolute atomic E-state index is 6.03. The van der Waals surface area contributed by atoms with E-state index in [0.29, 0.717) is 0 Å². The van der Waals surface area contributed by atoms with Crippen LogP contribution in [0.4, 0.5) is 0 Å². The summed E-state index contributed by atoms with van der Waals surface area (Å²) in [4.78, 5) is 6.27. The predicted molar refractivity (Wildman–Crippen MR) is 123 cm³/mol. The Labute approximate surface area is 179 Å². The molecule has 0 saturated carbocycles. The van der Waals surface area contributed by atoms with Gasteiger partial charge in [0.2, 0.25) is 0 Å². The number of ether oxygens (including phenoxy) is 1. The molecule has 1 aliphatic rings. The van der Waals surface area contributed by atoms with Gasteiger partial charge in [-0.05, 0) is 66.1 Å². The first-order valence-corrected chi connectivity index (χ1v) is 10.9. The maximum Gasteiger partial charge on any atom is 0.128 e. The van der Waals surface area contributed by atoms with Crippen molar-refractivity contribution >= 4 is 46.4 Å². The van der Waals surface area contributed by atoms with Gasteiger partial charge in [0, 0.05) is 21.1 Å². The third-order valence-electron chi connectivity index (χ3n) is 4.92. The van der Waals surface area contributed by atoms with E-state index in [2.05, 4.69) is 18.2 Å². The van der Waals surface area contributed by atoms with E-state index in [0.717, 1.165) is 45.5 Å². The molecule has 4 heteroatoms. The number of hydrogen-bond acceptors (Lipinski definition) is 3. The molecule has 0 saturated heterocycles. The second kappa shape index (κ2) is 7.94. The van der Waals surface area contributed by atoms with Gasteiger partial charge in [0.05, 0.1) is 11.2 Å². The molecule has 3 aromatic carbocycles. The molecule has 0 bridgehead atoms. The highest BCUT2D eigenvalue weighted by Crippen LogP contribution is 2.40. The number of aromatic nitrogens is 1. The van der Waals surface area contributed by atoms with Crippen LogP contribution in [0.2, 0.25) is 5.02 Å². The zero-order valence-corrected chi connectivity index (χ0v) is 17.2. The average Bonchev–Trinajstić information content (AvgIpc) is 3.25. The number of fused-ring (bicyclic) bond motifs is 3. The lowest BCUT2D eigenvalue weighted by molar-refractivity contribution is 0.483. The van der Waals surface area contributed by atoms with Crippen molar-refractivity contribution in [3.05, 3.63) is 94.6 Å². The van der Waals surface area contributed by atoms with E-state index in [4.69, 9.17) is 21.3 Å². The third kappa shape index (κ3) is 3.89. The van der Waals surface area contributed by atoms with Crippen LogP contribution in [0, 0.1) is 0 Å². The summed E-state index contributed by atoms with van der Waals surface area (Å²) in [5, 5.41) is 1.91. The summed E-state index contributed by atoms with van der Waals surface area (Å²) in [6.45, 7) is 0. The van der Waals surface area contributed by atoms with Gasteiger partial charge in [0.15, 0.2) is 0 Å². The van der Waals surface area contributed by atoms with Gasteiger partial charge >= 0.3 is 0 Å². The number of halogens is 1. The Morgan fingerprint density at radius 2 is 1.72 bits per heavy atom. The third-order valence-corrected chi connectivity index (χ3v) is 6.33. The van der Waals surface area contributed by atoms with Crippen LogP contribution >= 0.6 is 23.4 Å². The molecule has 29 heavy (non-hydrogen) atoms. The van der Waals surface area contributed by atoms with E-state index in [1.807, 2.05) is 78.5 Å². The largest absolute Gasteiger partial charge is 0.457 e. The minimum Gasteiger partial charge on any atom is -0.457 e. The molecule has 0 radical (unpaired) electrons. The molecule has 0 N–H and O–H groups in total. The average molecular weight is 416 g/mol. The normalized spacial score (nSPS) is 13.1. The van der Waals surface area contributed by atoms with E-state index in [9.17, 15) is 0 Å². The van der Waals surface area contributed by atoms with Gasteiger partial charge in [0.25, 0.3) is 0 Å². The first-order chi connectivity index (χ1) is 14.3. The molecule has 4 aromatic rings. The Morgan fingerprint density at radius 1 is 0.897 bits per heavy atom. The first-order valence-electron chi connectivity index (χ1n) is 9.52. The fourth-order valence-electron chi connectivity index (χ4n) is 3.51. The fourth-order valence-corrected chi connectivity index (χ4v) is 4.84. The van der Waals surface area contributed by atoms with Crippen LogP contribution < -0.4 is 4.74 Å². The van der Waals surface area contributed by atoms with Crippen molar-refractivity contribution in [1.82, 2.24) is 4.98 Å².